The molecule has 1 aromatic carbocycles. The van der Waals surface area contributed by atoms with Crippen molar-refractivity contribution in [3.8, 4) is 17.5 Å². The molecule has 0 aliphatic heterocycles. The van der Waals surface area contributed by atoms with Gasteiger partial charge in [-0.05, 0) is 30.5 Å². The molecular formula is C18H14N4O5S. The van der Waals surface area contributed by atoms with Crippen LogP contribution in [0.4, 0.5) is 5.00 Å². The Balaban J connectivity index is 1.61. The summed E-state index contributed by atoms with van der Waals surface area (Å²) in [5.41, 5.74) is 0.906. The zero-order chi connectivity index (χ0) is 20.1. The Kier molecular flexibility index (Phi) is 5.67. The van der Waals surface area contributed by atoms with E-state index in [2.05, 4.69) is 10.4 Å². The summed E-state index contributed by atoms with van der Waals surface area (Å²) >= 11 is 1.18. The van der Waals surface area contributed by atoms with E-state index in [1.165, 1.54) is 18.3 Å². The highest BCUT2D eigenvalue weighted by Gasteiger charge is 2.21. The van der Waals surface area contributed by atoms with Crippen LogP contribution in [0.2, 0.25) is 0 Å². The average molecular weight is 398 g/mol. The predicted molar refractivity (Wildman–Crippen MR) is 99.4 cm³/mol. The van der Waals surface area contributed by atoms with Crippen LogP contribution in [-0.4, -0.2) is 27.8 Å². The van der Waals surface area contributed by atoms with Gasteiger partial charge in [0.1, 0.15) is 17.6 Å². The molecule has 0 aliphatic rings. The fourth-order valence-corrected chi connectivity index (χ4v) is 2.96. The quantitative estimate of drug-likeness (QED) is 0.629. The lowest BCUT2D eigenvalue weighted by atomic mass is 10.2. The van der Waals surface area contributed by atoms with E-state index in [0.717, 1.165) is 4.68 Å². The van der Waals surface area contributed by atoms with E-state index in [9.17, 15) is 14.4 Å². The molecule has 0 radical (unpaired) electrons. The number of nitriles is 1. The number of anilines is 1. The summed E-state index contributed by atoms with van der Waals surface area (Å²) < 4.78 is 10.9. The highest BCUT2D eigenvalue weighted by atomic mass is 32.1. The van der Waals surface area contributed by atoms with Crippen LogP contribution in [0.15, 0.2) is 51.0 Å². The molecule has 10 heteroatoms. The van der Waals surface area contributed by atoms with Crippen molar-refractivity contribution in [3.05, 3.63) is 57.9 Å². The number of amides is 1. The van der Waals surface area contributed by atoms with Crippen molar-refractivity contribution in [2.24, 2.45) is 0 Å². The number of benzene rings is 1. The van der Waals surface area contributed by atoms with Crippen molar-refractivity contribution in [1.29, 1.82) is 5.26 Å². The first-order valence-electron chi connectivity index (χ1n) is 8.09. The third-order valence-electron chi connectivity index (χ3n) is 3.61. The predicted octanol–water partition coefficient (Wildman–Crippen LogP) is 2.01. The van der Waals surface area contributed by atoms with Crippen molar-refractivity contribution >= 4 is 28.2 Å². The SMILES string of the molecule is C[C@H](OC(=O)Cn1nc(-c2ccccc2)oc1=O)C(=O)Nc1sccc1C#N. The van der Waals surface area contributed by atoms with Gasteiger partial charge in [0, 0.05) is 5.56 Å². The average Bonchev–Trinajstić information content (AvgIpc) is 3.28. The lowest BCUT2D eigenvalue weighted by molar-refractivity contribution is -0.154. The Labute approximate surface area is 162 Å². The van der Waals surface area contributed by atoms with Crippen LogP contribution >= 0.6 is 11.3 Å². The first-order valence-corrected chi connectivity index (χ1v) is 8.97. The van der Waals surface area contributed by atoms with Crippen molar-refractivity contribution < 1.29 is 18.7 Å². The monoisotopic (exact) mass is 398 g/mol. The largest absolute Gasteiger partial charge is 0.451 e. The smallest absolute Gasteiger partial charge is 0.437 e. The normalized spacial score (nSPS) is 11.4. The number of esters is 1. The molecule has 9 nitrogen and oxygen atoms in total. The van der Waals surface area contributed by atoms with Crippen LogP contribution in [0.25, 0.3) is 11.5 Å². The maximum absolute atomic E-state index is 12.1. The van der Waals surface area contributed by atoms with Gasteiger partial charge in [-0.25, -0.2) is 4.79 Å². The minimum atomic E-state index is -1.13. The number of hydrogen-bond acceptors (Lipinski definition) is 8. The van der Waals surface area contributed by atoms with Gasteiger partial charge in [0.2, 0.25) is 5.89 Å². The summed E-state index contributed by atoms with van der Waals surface area (Å²) in [6.45, 7) is 0.878. The summed E-state index contributed by atoms with van der Waals surface area (Å²) in [5, 5.41) is 17.5. The molecule has 0 bridgehead atoms. The summed E-state index contributed by atoms with van der Waals surface area (Å²) in [4.78, 5) is 36.1. The molecule has 1 amide bonds. The van der Waals surface area contributed by atoms with Crippen LogP contribution in [0.5, 0.6) is 0 Å². The zero-order valence-electron chi connectivity index (χ0n) is 14.6. The topological polar surface area (TPSA) is 127 Å². The van der Waals surface area contributed by atoms with Crippen LogP contribution < -0.4 is 11.1 Å². The Hall–Kier alpha value is -3.71. The number of nitrogens with zero attached hydrogens (tertiary/aromatic N) is 3. The van der Waals surface area contributed by atoms with Gasteiger partial charge in [0.15, 0.2) is 6.10 Å². The molecule has 3 rings (SSSR count). The van der Waals surface area contributed by atoms with E-state index in [1.54, 1.807) is 41.8 Å². The Morgan fingerprint density at radius 1 is 1.36 bits per heavy atom. The first-order chi connectivity index (χ1) is 13.5. The van der Waals surface area contributed by atoms with Crippen LogP contribution in [-0.2, 0) is 20.9 Å². The summed E-state index contributed by atoms with van der Waals surface area (Å²) in [6, 6.07) is 12.3. The van der Waals surface area contributed by atoms with Gasteiger partial charge in [-0.3, -0.25) is 9.59 Å². The van der Waals surface area contributed by atoms with E-state index < -0.39 is 30.3 Å². The number of ether oxygens (including phenoxy) is 1. The Morgan fingerprint density at radius 3 is 2.82 bits per heavy atom. The maximum atomic E-state index is 12.1. The summed E-state index contributed by atoms with van der Waals surface area (Å²) in [6.07, 6.45) is -1.13. The second-order valence-electron chi connectivity index (χ2n) is 5.59. The highest BCUT2D eigenvalue weighted by Crippen LogP contribution is 2.22. The highest BCUT2D eigenvalue weighted by molar-refractivity contribution is 7.14. The second kappa shape index (κ2) is 8.32. The molecule has 2 heterocycles. The van der Waals surface area contributed by atoms with Crippen molar-refractivity contribution in [1.82, 2.24) is 9.78 Å². The molecule has 0 unspecified atom stereocenters. The maximum Gasteiger partial charge on any atom is 0.437 e. The lowest BCUT2D eigenvalue weighted by Gasteiger charge is -2.12. The zero-order valence-corrected chi connectivity index (χ0v) is 15.4. The molecule has 3 aromatic rings. The molecule has 0 spiro atoms. The summed E-state index contributed by atoms with van der Waals surface area (Å²) in [5.74, 6) is -2.16. The molecule has 28 heavy (non-hydrogen) atoms. The number of hydrogen-bond donors (Lipinski definition) is 1. The molecule has 0 fully saturated rings. The fourth-order valence-electron chi connectivity index (χ4n) is 2.22. The summed E-state index contributed by atoms with van der Waals surface area (Å²) in [7, 11) is 0. The minimum Gasteiger partial charge on any atom is -0.451 e. The van der Waals surface area contributed by atoms with Gasteiger partial charge in [-0.2, -0.15) is 9.94 Å². The van der Waals surface area contributed by atoms with Crippen LogP contribution in [0, 0.1) is 11.3 Å². The van der Waals surface area contributed by atoms with E-state index in [-0.39, 0.29) is 5.89 Å². The molecule has 0 saturated carbocycles. The Bertz CT molecular complexity index is 1090. The fraction of sp³-hybridized carbons (Fsp3) is 0.167. The van der Waals surface area contributed by atoms with Gasteiger partial charge >= 0.3 is 11.7 Å². The van der Waals surface area contributed by atoms with E-state index >= 15 is 0 Å². The molecule has 0 saturated heterocycles. The van der Waals surface area contributed by atoms with Crippen molar-refractivity contribution in [3.63, 3.8) is 0 Å². The van der Waals surface area contributed by atoms with E-state index in [4.69, 9.17) is 14.4 Å². The molecule has 0 aliphatic carbocycles. The standard InChI is InChI=1S/C18H14N4O5S/c1-11(15(24)20-17-13(9-19)7-8-28-17)26-14(23)10-22-18(25)27-16(21-22)12-5-3-2-4-6-12/h2-8,11H,10H2,1H3,(H,20,24)/t11-/m0/s1. The number of rotatable bonds is 6. The number of carbonyl (C=O) groups excluding carboxylic acids is 2. The molecule has 1 atom stereocenters. The first kappa shape index (κ1) is 19.1. The number of nitrogens with one attached hydrogen (secondary N) is 1. The van der Waals surface area contributed by atoms with Gasteiger partial charge in [-0.15, -0.1) is 16.4 Å². The van der Waals surface area contributed by atoms with Crippen molar-refractivity contribution in [2.75, 3.05) is 5.32 Å². The van der Waals surface area contributed by atoms with Gasteiger partial charge in [0.25, 0.3) is 5.91 Å². The van der Waals surface area contributed by atoms with Crippen molar-refractivity contribution in [2.45, 2.75) is 19.6 Å². The van der Waals surface area contributed by atoms with Crippen LogP contribution in [0.1, 0.15) is 12.5 Å². The molecular weight excluding hydrogens is 384 g/mol. The number of thiophene rings is 1. The third kappa shape index (κ3) is 4.33. The van der Waals surface area contributed by atoms with E-state index in [0.29, 0.717) is 16.1 Å². The molecule has 2 aromatic heterocycles. The van der Waals surface area contributed by atoms with Crippen LogP contribution in [0.3, 0.4) is 0 Å². The second-order valence-corrected chi connectivity index (χ2v) is 6.51. The van der Waals surface area contributed by atoms with Gasteiger partial charge in [-0.1, -0.05) is 18.2 Å². The lowest BCUT2D eigenvalue weighted by Crippen LogP contribution is -2.32. The molecule has 1 N–H and O–H groups in total. The Morgan fingerprint density at radius 2 is 2.11 bits per heavy atom. The third-order valence-corrected chi connectivity index (χ3v) is 4.44. The van der Waals surface area contributed by atoms with E-state index in [1.807, 2.05) is 6.07 Å². The van der Waals surface area contributed by atoms with Gasteiger partial charge in [0.05, 0.1) is 5.56 Å². The minimum absolute atomic E-state index is 0.0749. The number of aromatic nitrogens is 2. The van der Waals surface area contributed by atoms with Gasteiger partial charge < -0.3 is 14.5 Å². The molecule has 142 valence electrons. The number of carbonyl (C=O) groups is 2.